The first-order valence-corrected chi connectivity index (χ1v) is 6.22. The molecule has 0 spiro atoms. The Bertz CT molecular complexity index is 371. The summed E-state index contributed by atoms with van der Waals surface area (Å²) in [5.74, 6) is 1.75. The third-order valence-corrected chi connectivity index (χ3v) is 3.03. The molecule has 17 heavy (non-hydrogen) atoms. The second kappa shape index (κ2) is 5.42. The molecule has 5 heteroatoms. The first-order valence-electron chi connectivity index (χ1n) is 6.22. The van der Waals surface area contributed by atoms with Crippen molar-refractivity contribution in [2.24, 2.45) is 0 Å². The van der Waals surface area contributed by atoms with E-state index >= 15 is 0 Å². The van der Waals surface area contributed by atoms with Gasteiger partial charge in [0.05, 0.1) is 0 Å². The van der Waals surface area contributed by atoms with Gasteiger partial charge in [0, 0.05) is 37.9 Å². The number of aryl methyl sites for hydroxylation is 2. The van der Waals surface area contributed by atoms with Crippen molar-refractivity contribution in [3.63, 3.8) is 0 Å². The molecular weight excluding hydrogens is 214 g/mol. The Labute approximate surface area is 103 Å². The Hall–Kier alpha value is -1.20. The molecular formula is C12H21N5. The standard InChI is InChI=1S/C12H21N5/c1-4-11-9-12(14-10(2)13-11)15-17-7-5-16(3)6-8-17/h9H,4-8H2,1-3H3,(H,13,14,15). The Morgan fingerprint density at radius 2 is 1.94 bits per heavy atom. The lowest BCUT2D eigenvalue weighted by molar-refractivity contribution is 0.178. The number of hydrogen-bond donors (Lipinski definition) is 1. The van der Waals surface area contributed by atoms with E-state index < -0.39 is 0 Å². The maximum absolute atomic E-state index is 4.42. The van der Waals surface area contributed by atoms with Gasteiger partial charge in [-0.2, -0.15) is 0 Å². The summed E-state index contributed by atoms with van der Waals surface area (Å²) < 4.78 is 0. The number of nitrogens with zero attached hydrogens (tertiary/aromatic N) is 4. The van der Waals surface area contributed by atoms with Crippen LogP contribution in [-0.4, -0.2) is 53.1 Å². The molecule has 1 aliphatic rings. The first kappa shape index (κ1) is 12.3. The Morgan fingerprint density at radius 1 is 1.24 bits per heavy atom. The predicted octanol–water partition coefficient (Wildman–Crippen LogP) is 0.922. The number of likely N-dealkylation sites (N-methyl/N-ethyl adjacent to an activating group) is 1. The molecule has 2 heterocycles. The van der Waals surface area contributed by atoms with Crippen molar-refractivity contribution in [1.29, 1.82) is 0 Å². The van der Waals surface area contributed by atoms with E-state index in [1.807, 2.05) is 13.0 Å². The summed E-state index contributed by atoms with van der Waals surface area (Å²) in [5, 5.41) is 2.22. The van der Waals surface area contributed by atoms with E-state index in [0.717, 1.165) is 49.9 Å². The van der Waals surface area contributed by atoms with Crippen LogP contribution in [0, 0.1) is 6.92 Å². The molecule has 0 amide bonds. The lowest BCUT2D eigenvalue weighted by Gasteiger charge is -2.32. The maximum atomic E-state index is 4.42. The molecule has 2 rings (SSSR count). The summed E-state index contributed by atoms with van der Waals surface area (Å²) in [4.78, 5) is 11.1. The van der Waals surface area contributed by atoms with Crippen molar-refractivity contribution >= 4 is 5.82 Å². The van der Waals surface area contributed by atoms with Gasteiger partial charge in [-0.1, -0.05) is 6.92 Å². The van der Waals surface area contributed by atoms with Crippen LogP contribution in [-0.2, 0) is 6.42 Å². The smallest absolute Gasteiger partial charge is 0.144 e. The number of rotatable bonds is 3. The zero-order valence-electron chi connectivity index (χ0n) is 10.9. The van der Waals surface area contributed by atoms with E-state index in [1.54, 1.807) is 0 Å². The Kier molecular flexibility index (Phi) is 3.91. The molecule has 1 aromatic heterocycles. The zero-order chi connectivity index (χ0) is 12.3. The van der Waals surface area contributed by atoms with Crippen molar-refractivity contribution in [1.82, 2.24) is 19.9 Å². The van der Waals surface area contributed by atoms with Crippen molar-refractivity contribution < 1.29 is 0 Å². The predicted molar refractivity (Wildman–Crippen MR) is 68.8 cm³/mol. The van der Waals surface area contributed by atoms with Gasteiger partial charge in [-0.15, -0.1) is 0 Å². The highest BCUT2D eigenvalue weighted by molar-refractivity contribution is 5.35. The summed E-state index contributed by atoms with van der Waals surface area (Å²) in [6.45, 7) is 8.30. The molecule has 1 aromatic rings. The van der Waals surface area contributed by atoms with E-state index in [0.29, 0.717) is 0 Å². The lowest BCUT2D eigenvalue weighted by Crippen LogP contribution is -2.47. The van der Waals surface area contributed by atoms with E-state index in [-0.39, 0.29) is 0 Å². The lowest BCUT2D eigenvalue weighted by atomic mass is 10.3. The first-order chi connectivity index (χ1) is 8.17. The van der Waals surface area contributed by atoms with Crippen molar-refractivity contribution in [3.8, 4) is 0 Å². The van der Waals surface area contributed by atoms with Gasteiger partial charge in [-0.3, -0.25) is 0 Å². The van der Waals surface area contributed by atoms with Crippen LogP contribution in [0.25, 0.3) is 0 Å². The molecule has 1 saturated heterocycles. The van der Waals surface area contributed by atoms with Gasteiger partial charge in [0.1, 0.15) is 11.6 Å². The highest BCUT2D eigenvalue weighted by Gasteiger charge is 2.14. The van der Waals surface area contributed by atoms with Crippen LogP contribution in [0.15, 0.2) is 6.07 Å². The van der Waals surface area contributed by atoms with Crippen LogP contribution in [0.4, 0.5) is 5.82 Å². The fourth-order valence-corrected chi connectivity index (χ4v) is 1.95. The summed E-state index contributed by atoms with van der Waals surface area (Å²) in [7, 11) is 2.15. The number of piperazine rings is 1. The van der Waals surface area contributed by atoms with E-state index in [2.05, 4.69) is 39.3 Å². The summed E-state index contributed by atoms with van der Waals surface area (Å²) in [6.07, 6.45) is 0.945. The average molecular weight is 235 g/mol. The van der Waals surface area contributed by atoms with Gasteiger partial charge in [0.25, 0.3) is 0 Å². The second-order valence-electron chi connectivity index (χ2n) is 4.55. The molecule has 94 valence electrons. The minimum atomic E-state index is 0.834. The van der Waals surface area contributed by atoms with Gasteiger partial charge in [-0.25, -0.2) is 15.0 Å². The van der Waals surface area contributed by atoms with Crippen LogP contribution in [0.2, 0.25) is 0 Å². The molecule has 0 radical (unpaired) electrons. The number of anilines is 1. The van der Waals surface area contributed by atoms with Crippen molar-refractivity contribution in [3.05, 3.63) is 17.6 Å². The highest BCUT2D eigenvalue weighted by atomic mass is 15.5. The van der Waals surface area contributed by atoms with Crippen molar-refractivity contribution in [2.45, 2.75) is 20.3 Å². The minimum Gasteiger partial charge on any atom is -0.304 e. The second-order valence-corrected chi connectivity index (χ2v) is 4.55. The molecule has 0 saturated carbocycles. The van der Waals surface area contributed by atoms with Crippen LogP contribution >= 0.6 is 0 Å². The number of hydrogen-bond acceptors (Lipinski definition) is 5. The quantitative estimate of drug-likeness (QED) is 0.844. The monoisotopic (exact) mass is 235 g/mol. The van der Waals surface area contributed by atoms with Gasteiger partial charge < -0.3 is 10.3 Å². The average Bonchev–Trinajstić information content (AvgIpc) is 2.31. The molecule has 1 fully saturated rings. The van der Waals surface area contributed by atoms with E-state index in [4.69, 9.17) is 0 Å². The molecule has 5 nitrogen and oxygen atoms in total. The van der Waals surface area contributed by atoms with Gasteiger partial charge in [0.2, 0.25) is 0 Å². The molecule has 0 unspecified atom stereocenters. The van der Waals surface area contributed by atoms with E-state index in [9.17, 15) is 0 Å². The van der Waals surface area contributed by atoms with Gasteiger partial charge in [-0.05, 0) is 20.4 Å². The number of aromatic nitrogens is 2. The number of hydrazine groups is 1. The SMILES string of the molecule is CCc1cc(NN2CCN(C)CC2)nc(C)n1. The largest absolute Gasteiger partial charge is 0.304 e. The highest BCUT2D eigenvalue weighted by Crippen LogP contribution is 2.09. The Morgan fingerprint density at radius 3 is 2.59 bits per heavy atom. The maximum Gasteiger partial charge on any atom is 0.144 e. The molecule has 1 N–H and O–H groups in total. The fraction of sp³-hybridized carbons (Fsp3) is 0.667. The molecule has 0 atom stereocenters. The van der Waals surface area contributed by atoms with E-state index in [1.165, 1.54) is 0 Å². The Balaban J connectivity index is 2.00. The van der Waals surface area contributed by atoms with Gasteiger partial charge in [0.15, 0.2) is 0 Å². The normalized spacial score (nSPS) is 18.3. The molecule has 0 bridgehead atoms. The van der Waals surface area contributed by atoms with Crippen LogP contribution in [0.3, 0.4) is 0 Å². The van der Waals surface area contributed by atoms with Crippen LogP contribution < -0.4 is 5.43 Å². The summed E-state index contributed by atoms with van der Waals surface area (Å²) in [6, 6.07) is 2.03. The summed E-state index contributed by atoms with van der Waals surface area (Å²) in [5.41, 5.74) is 4.46. The zero-order valence-corrected chi connectivity index (χ0v) is 10.9. The third kappa shape index (κ3) is 3.38. The topological polar surface area (TPSA) is 44.3 Å². The van der Waals surface area contributed by atoms with Gasteiger partial charge >= 0.3 is 0 Å². The fourth-order valence-electron chi connectivity index (χ4n) is 1.95. The minimum absolute atomic E-state index is 0.834. The molecule has 0 aromatic carbocycles. The summed E-state index contributed by atoms with van der Waals surface area (Å²) >= 11 is 0. The van der Waals surface area contributed by atoms with Crippen molar-refractivity contribution in [2.75, 3.05) is 38.7 Å². The third-order valence-electron chi connectivity index (χ3n) is 3.03. The number of nitrogens with one attached hydrogen (secondary N) is 1. The molecule has 0 aliphatic carbocycles. The molecule has 1 aliphatic heterocycles. The van der Waals surface area contributed by atoms with Crippen LogP contribution in [0.5, 0.6) is 0 Å². The van der Waals surface area contributed by atoms with Crippen LogP contribution in [0.1, 0.15) is 18.4 Å².